The number of fused-ring (bicyclic) bond motifs is 2. The van der Waals surface area contributed by atoms with Crippen molar-refractivity contribution in [2.45, 2.75) is 116 Å². The maximum Gasteiger partial charge on any atom is 0.200 e. The first-order chi connectivity index (χ1) is 15.5. The van der Waals surface area contributed by atoms with E-state index in [2.05, 4.69) is 67.5 Å². The van der Waals surface area contributed by atoms with Gasteiger partial charge >= 0.3 is 0 Å². The summed E-state index contributed by atoms with van der Waals surface area (Å²) < 4.78 is 12.8. The van der Waals surface area contributed by atoms with Crippen LogP contribution in [0.5, 0.6) is 0 Å². The van der Waals surface area contributed by atoms with Gasteiger partial charge in [-0.25, -0.2) is 0 Å². The summed E-state index contributed by atoms with van der Waals surface area (Å²) in [7, 11) is -0.181. The Morgan fingerprint density at radius 1 is 1.06 bits per heavy atom. The minimum Gasteiger partial charge on any atom is -0.504 e. The summed E-state index contributed by atoms with van der Waals surface area (Å²) in [5, 5.41) is 11.8. The number of hydrogen-bond donors (Lipinski definition) is 1. The predicted octanol–water partition coefficient (Wildman–Crippen LogP) is 7.48. The lowest BCUT2D eigenvalue weighted by Crippen LogP contribution is -2.61. The Balaban J connectivity index is 1.65. The molecule has 1 N–H and O–H groups in total. The van der Waals surface area contributed by atoms with Crippen molar-refractivity contribution < 1.29 is 14.3 Å². The monoisotopic (exact) mass is 474 g/mol. The number of methoxy groups -OCH3 is 1. The number of rotatable bonds is 6. The van der Waals surface area contributed by atoms with Gasteiger partial charge in [-0.1, -0.05) is 67.5 Å². The maximum atomic E-state index is 11.8. The van der Waals surface area contributed by atoms with Gasteiger partial charge < -0.3 is 14.3 Å². The molecule has 0 aromatic carbocycles. The molecule has 0 saturated heterocycles. The van der Waals surface area contributed by atoms with E-state index in [1.54, 1.807) is 7.11 Å². The molecule has 0 amide bonds. The number of ether oxygens (including phenoxy) is 1. The van der Waals surface area contributed by atoms with Gasteiger partial charge in [-0.2, -0.15) is 0 Å². The second-order valence-electron chi connectivity index (χ2n) is 13.1. The molecule has 33 heavy (non-hydrogen) atoms. The first-order valence-electron chi connectivity index (χ1n) is 13.7. The molecule has 8 atom stereocenters. The maximum absolute atomic E-state index is 11.8. The van der Waals surface area contributed by atoms with Gasteiger partial charge in [-0.15, -0.1) is 0 Å². The van der Waals surface area contributed by atoms with Gasteiger partial charge in [0.25, 0.3) is 0 Å². The van der Waals surface area contributed by atoms with Crippen molar-refractivity contribution in [3.05, 3.63) is 24.0 Å². The Hall–Kier alpha value is -0.583. The van der Waals surface area contributed by atoms with Gasteiger partial charge in [0.15, 0.2) is 0 Å². The van der Waals surface area contributed by atoms with Crippen LogP contribution in [-0.2, 0) is 9.16 Å². The van der Waals surface area contributed by atoms with Crippen molar-refractivity contribution in [1.82, 2.24) is 0 Å². The van der Waals surface area contributed by atoms with E-state index < -0.39 is 8.32 Å². The summed E-state index contributed by atoms with van der Waals surface area (Å²) in [6.07, 6.45) is 12.6. The molecule has 2 bridgehead atoms. The molecule has 0 radical (unpaired) electrons. The quantitative estimate of drug-likeness (QED) is 0.246. The van der Waals surface area contributed by atoms with E-state index in [4.69, 9.17) is 9.16 Å². The Morgan fingerprint density at radius 2 is 1.70 bits per heavy atom. The Labute approximate surface area is 204 Å². The smallest absolute Gasteiger partial charge is 0.200 e. The van der Waals surface area contributed by atoms with Crippen LogP contribution in [-0.4, -0.2) is 32.7 Å². The molecule has 0 aliphatic heterocycles. The summed E-state index contributed by atoms with van der Waals surface area (Å²) in [5.41, 5.74) is 3.31. The van der Waals surface area contributed by atoms with Crippen LogP contribution in [0.1, 0.15) is 87.5 Å². The molecule has 0 aromatic rings. The fraction of sp³-hybridized carbons (Fsp3) is 0.862. The molecule has 0 unspecified atom stereocenters. The summed E-state index contributed by atoms with van der Waals surface area (Å²) in [6, 6.07) is 0. The zero-order valence-corrected chi connectivity index (χ0v) is 23.7. The number of allylic oxidation sites excluding steroid dienone is 2. The van der Waals surface area contributed by atoms with Crippen LogP contribution >= 0.6 is 0 Å². The molecular formula is C29H50O3Si. The largest absolute Gasteiger partial charge is 0.504 e. The third kappa shape index (κ3) is 3.40. The third-order valence-electron chi connectivity index (χ3n) is 11.2. The molecule has 0 aromatic heterocycles. The zero-order valence-electron chi connectivity index (χ0n) is 22.7. The molecule has 4 heteroatoms. The first-order valence-corrected chi connectivity index (χ1v) is 15.9. The summed E-state index contributed by atoms with van der Waals surface area (Å²) in [4.78, 5) is 0. The minimum atomic E-state index is -1.92. The highest BCUT2D eigenvalue weighted by Crippen LogP contribution is 2.72. The van der Waals surface area contributed by atoms with Crippen molar-refractivity contribution in [3.8, 4) is 0 Å². The van der Waals surface area contributed by atoms with Gasteiger partial charge in [-0.3, -0.25) is 0 Å². The molecule has 1 spiro atoms. The fourth-order valence-electron chi connectivity index (χ4n) is 9.71. The van der Waals surface area contributed by atoms with Crippen LogP contribution in [0.25, 0.3) is 0 Å². The molecular weight excluding hydrogens is 424 g/mol. The van der Waals surface area contributed by atoms with Crippen LogP contribution in [0.15, 0.2) is 24.0 Å². The Morgan fingerprint density at radius 3 is 2.27 bits per heavy atom. The molecule has 4 rings (SSSR count). The molecule has 0 heterocycles. The van der Waals surface area contributed by atoms with E-state index in [1.807, 2.05) is 6.26 Å². The van der Waals surface area contributed by atoms with Gasteiger partial charge in [-0.05, 0) is 77.5 Å². The van der Waals surface area contributed by atoms with E-state index in [1.165, 1.54) is 12.0 Å². The molecule has 4 aliphatic carbocycles. The lowest BCUT2D eigenvalue weighted by Gasteiger charge is -2.63. The minimum absolute atomic E-state index is 0.00402. The van der Waals surface area contributed by atoms with Crippen LogP contribution in [0.4, 0.5) is 0 Å². The van der Waals surface area contributed by atoms with Crippen molar-refractivity contribution in [1.29, 1.82) is 0 Å². The second-order valence-corrected chi connectivity index (χ2v) is 18.5. The van der Waals surface area contributed by atoms with Gasteiger partial charge in [0.2, 0.25) is 8.32 Å². The van der Waals surface area contributed by atoms with Crippen molar-refractivity contribution in [2.75, 3.05) is 7.11 Å². The second kappa shape index (κ2) is 8.82. The van der Waals surface area contributed by atoms with E-state index >= 15 is 0 Å². The summed E-state index contributed by atoms with van der Waals surface area (Å²) in [6.45, 7) is 19.4. The topological polar surface area (TPSA) is 38.7 Å². The average molecular weight is 475 g/mol. The highest BCUT2D eigenvalue weighted by molar-refractivity contribution is 6.77. The zero-order chi connectivity index (χ0) is 24.3. The van der Waals surface area contributed by atoms with E-state index in [0.29, 0.717) is 40.5 Å². The van der Waals surface area contributed by atoms with Crippen LogP contribution in [0.3, 0.4) is 0 Å². The lowest BCUT2D eigenvalue weighted by atomic mass is 9.43. The van der Waals surface area contributed by atoms with Crippen molar-refractivity contribution >= 4 is 8.32 Å². The number of aliphatic hydroxyl groups is 1. The summed E-state index contributed by atoms with van der Waals surface area (Å²) in [5.74, 6) is 1.71. The Bertz CT molecular complexity index is 764. The summed E-state index contributed by atoms with van der Waals surface area (Å²) >= 11 is 0. The van der Waals surface area contributed by atoms with Gasteiger partial charge in [0, 0.05) is 17.4 Å². The first kappa shape index (κ1) is 25.5. The van der Waals surface area contributed by atoms with Crippen LogP contribution in [0.2, 0.25) is 16.6 Å². The normalized spacial score (nSPS) is 44.0. The van der Waals surface area contributed by atoms with Gasteiger partial charge in [0.05, 0.1) is 19.5 Å². The molecule has 3 fully saturated rings. The number of hydrogen-bond acceptors (Lipinski definition) is 3. The van der Waals surface area contributed by atoms with Crippen LogP contribution < -0.4 is 0 Å². The van der Waals surface area contributed by atoms with E-state index in [-0.39, 0.29) is 22.9 Å². The lowest BCUT2D eigenvalue weighted by molar-refractivity contribution is -0.158. The molecule has 4 aliphatic rings. The predicted molar refractivity (Wildman–Crippen MR) is 139 cm³/mol. The standard InChI is InChI=1S/C29H50O3Si/c1-18(2)33(19(3)4,20(5)6)32-26-13-14-28(8)25(21(26)7)11-10-23-16-24-22(17-31-9)12-15-29(23,28)27(24)30/h10-11,17-21,23-27,30H,12-16H2,1-9H3/b22-17+/t21-,23+,24-,25-,26-,27+,28-,29+/m0/s1. The average Bonchev–Trinajstić information content (AvgIpc) is 2.92. The highest BCUT2D eigenvalue weighted by Gasteiger charge is 2.69. The highest BCUT2D eigenvalue weighted by atomic mass is 28.4. The number of aliphatic hydroxyl groups excluding tert-OH is 1. The van der Waals surface area contributed by atoms with E-state index in [0.717, 1.165) is 25.7 Å². The van der Waals surface area contributed by atoms with Gasteiger partial charge in [0.1, 0.15) is 0 Å². The van der Waals surface area contributed by atoms with Crippen molar-refractivity contribution in [3.63, 3.8) is 0 Å². The fourth-order valence-corrected chi connectivity index (χ4v) is 15.4. The third-order valence-corrected chi connectivity index (χ3v) is 17.3. The molecule has 3 nitrogen and oxygen atoms in total. The van der Waals surface area contributed by atoms with Crippen molar-refractivity contribution in [2.24, 2.45) is 34.5 Å². The molecule has 188 valence electrons. The SMILES string of the molecule is CO/C=C1\CC[C@]23[C@H](C=C[C@H]4[C@H](C)[C@@H](O[Si](C(C)C)(C(C)C)C(C)C)CC[C@@]42C)C[C@@H]1[C@H]3O. The van der Waals surface area contributed by atoms with E-state index in [9.17, 15) is 5.11 Å². The van der Waals surface area contributed by atoms with Crippen LogP contribution in [0, 0.1) is 34.5 Å². The Kier molecular flexibility index (Phi) is 6.82. The molecule has 3 saturated carbocycles.